The highest BCUT2D eigenvalue weighted by molar-refractivity contribution is 4.97. The molecule has 2 N–H and O–H groups in total. The highest BCUT2D eigenvalue weighted by atomic mass is 15.1. The van der Waals surface area contributed by atoms with Crippen LogP contribution in [0, 0.1) is 5.92 Å². The number of nitrogens with zero attached hydrogens (tertiary/aromatic N) is 1. The summed E-state index contributed by atoms with van der Waals surface area (Å²) in [4.78, 5) is 2.43. The second-order valence-electron chi connectivity index (χ2n) is 4.27. The van der Waals surface area contributed by atoms with Gasteiger partial charge in [-0.1, -0.05) is 26.0 Å². The van der Waals surface area contributed by atoms with E-state index in [9.17, 15) is 0 Å². The molecule has 1 fully saturated rings. The Morgan fingerprint density at radius 1 is 1.62 bits per heavy atom. The van der Waals surface area contributed by atoms with E-state index in [0.717, 1.165) is 19.5 Å². The summed E-state index contributed by atoms with van der Waals surface area (Å²) in [5.41, 5.74) is 7.34. The fourth-order valence-corrected chi connectivity index (χ4v) is 1.74. The molecule has 2 atom stereocenters. The molecule has 2 unspecified atom stereocenters. The quantitative estimate of drug-likeness (QED) is 0.672. The number of hydrogen-bond donors (Lipinski definition) is 1. The molecule has 0 spiro atoms. The summed E-state index contributed by atoms with van der Waals surface area (Å²) in [5.74, 6) is 0.686. The number of likely N-dealkylation sites (tertiary alicyclic amines) is 1. The van der Waals surface area contributed by atoms with Crippen molar-refractivity contribution >= 4 is 0 Å². The van der Waals surface area contributed by atoms with Gasteiger partial charge < -0.3 is 5.73 Å². The Morgan fingerprint density at radius 3 is 2.85 bits per heavy atom. The molecule has 1 rings (SSSR count). The molecule has 13 heavy (non-hydrogen) atoms. The highest BCUT2D eigenvalue weighted by Gasteiger charge is 2.22. The Morgan fingerprint density at radius 2 is 2.31 bits per heavy atom. The van der Waals surface area contributed by atoms with E-state index in [0.29, 0.717) is 12.0 Å². The van der Waals surface area contributed by atoms with Crippen LogP contribution >= 0.6 is 0 Å². The Bertz CT molecular complexity index is 177. The molecule has 1 saturated heterocycles. The lowest BCUT2D eigenvalue weighted by Crippen LogP contribution is -2.47. The average molecular weight is 182 g/mol. The minimum Gasteiger partial charge on any atom is -0.326 e. The smallest absolute Gasteiger partial charge is 0.0194 e. The van der Waals surface area contributed by atoms with E-state index in [2.05, 4.69) is 25.3 Å². The topological polar surface area (TPSA) is 29.3 Å². The van der Waals surface area contributed by atoms with Crippen molar-refractivity contribution in [3.8, 4) is 0 Å². The molecule has 2 nitrogen and oxygen atoms in total. The Balaban J connectivity index is 2.33. The molecule has 0 aromatic heterocycles. The minimum absolute atomic E-state index is 0.360. The lowest BCUT2D eigenvalue weighted by molar-refractivity contribution is 0.180. The Labute approximate surface area is 81.8 Å². The third kappa shape index (κ3) is 3.12. The molecule has 2 heteroatoms. The van der Waals surface area contributed by atoms with E-state index in [1.54, 1.807) is 0 Å². The molecule has 0 aliphatic carbocycles. The maximum absolute atomic E-state index is 6.01. The summed E-state index contributed by atoms with van der Waals surface area (Å²) >= 11 is 0. The van der Waals surface area contributed by atoms with Gasteiger partial charge in [-0.25, -0.2) is 0 Å². The maximum atomic E-state index is 6.01. The molecule has 1 aliphatic heterocycles. The van der Waals surface area contributed by atoms with E-state index < -0.39 is 0 Å². The normalized spacial score (nSPS) is 30.4. The van der Waals surface area contributed by atoms with Crippen molar-refractivity contribution < 1.29 is 0 Å². The number of rotatable bonds is 3. The molecular weight excluding hydrogens is 160 g/mol. The molecule has 0 bridgehead atoms. The van der Waals surface area contributed by atoms with Gasteiger partial charge in [0.1, 0.15) is 0 Å². The van der Waals surface area contributed by atoms with Crippen LogP contribution in [0.3, 0.4) is 0 Å². The van der Waals surface area contributed by atoms with E-state index >= 15 is 0 Å². The van der Waals surface area contributed by atoms with Gasteiger partial charge in [-0.05, 0) is 25.3 Å². The molecule has 1 aliphatic rings. The van der Waals surface area contributed by atoms with Crippen molar-refractivity contribution in [2.45, 2.75) is 32.7 Å². The Hall–Kier alpha value is -0.340. The van der Waals surface area contributed by atoms with E-state index in [1.165, 1.54) is 18.5 Å². The predicted molar refractivity (Wildman–Crippen MR) is 57.6 cm³/mol. The van der Waals surface area contributed by atoms with Crippen LogP contribution in [0.2, 0.25) is 0 Å². The number of hydrogen-bond acceptors (Lipinski definition) is 2. The first-order chi connectivity index (χ1) is 6.13. The summed E-state index contributed by atoms with van der Waals surface area (Å²) < 4.78 is 0. The van der Waals surface area contributed by atoms with Crippen LogP contribution in [0.25, 0.3) is 0 Å². The lowest BCUT2D eigenvalue weighted by atomic mass is 9.94. The van der Waals surface area contributed by atoms with Crippen LogP contribution < -0.4 is 5.73 Å². The zero-order valence-electron chi connectivity index (χ0n) is 8.92. The second-order valence-corrected chi connectivity index (χ2v) is 4.27. The fraction of sp³-hybridized carbons (Fsp3) is 0.818. The van der Waals surface area contributed by atoms with Crippen LogP contribution in [0.15, 0.2) is 12.2 Å². The van der Waals surface area contributed by atoms with Gasteiger partial charge in [0.15, 0.2) is 0 Å². The molecular formula is C11H22N2. The molecule has 0 radical (unpaired) electrons. The first-order valence-corrected chi connectivity index (χ1v) is 5.28. The van der Waals surface area contributed by atoms with Crippen LogP contribution in [-0.4, -0.2) is 30.6 Å². The van der Waals surface area contributed by atoms with Gasteiger partial charge in [-0.2, -0.15) is 0 Å². The van der Waals surface area contributed by atoms with Crippen molar-refractivity contribution in [3.05, 3.63) is 12.2 Å². The second kappa shape index (κ2) is 4.77. The van der Waals surface area contributed by atoms with Gasteiger partial charge in [0, 0.05) is 19.1 Å². The number of nitrogens with two attached hydrogens (primary N) is 1. The predicted octanol–water partition coefficient (Wildman–Crippen LogP) is 1.62. The van der Waals surface area contributed by atoms with Crippen molar-refractivity contribution in [3.63, 3.8) is 0 Å². The molecule has 1 heterocycles. The minimum atomic E-state index is 0.360. The summed E-state index contributed by atoms with van der Waals surface area (Å²) in [6, 6.07) is 0.360. The van der Waals surface area contributed by atoms with Crippen molar-refractivity contribution in [2.24, 2.45) is 11.7 Å². The monoisotopic (exact) mass is 182 g/mol. The van der Waals surface area contributed by atoms with Gasteiger partial charge in [0.05, 0.1) is 0 Å². The molecule has 0 amide bonds. The first-order valence-electron chi connectivity index (χ1n) is 5.28. The third-order valence-electron chi connectivity index (χ3n) is 3.05. The van der Waals surface area contributed by atoms with Crippen molar-refractivity contribution in [1.29, 1.82) is 0 Å². The largest absolute Gasteiger partial charge is 0.326 e. The van der Waals surface area contributed by atoms with Crippen LogP contribution in [0.4, 0.5) is 0 Å². The zero-order valence-corrected chi connectivity index (χ0v) is 8.92. The van der Waals surface area contributed by atoms with E-state index in [-0.39, 0.29) is 0 Å². The van der Waals surface area contributed by atoms with E-state index in [1.807, 2.05) is 0 Å². The zero-order chi connectivity index (χ0) is 9.84. The van der Waals surface area contributed by atoms with Gasteiger partial charge >= 0.3 is 0 Å². The summed E-state index contributed by atoms with van der Waals surface area (Å²) in [6.45, 7) is 11.7. The molecule has 0 aromatic rings. The standard InChI is InChI=1S/C11H22N2/c1-4-9(2)7-13-6-5-10(3)11(12)8-13/h10-11H,2,4-8,12H2,1,3H3. The van der Waals surface area contributed by atoms with Crippen LogP contribution in [-0.2, 0) is 0 Å². The van der Waals surface area contributed by atoms with Crippen molar-refractivity contribution in [1.82, 2.24) is 4.90 Å². The van der Waals surface area contributed by atoms with Gasteiger partial charge in [-0.15, -0.1) is 0 Å². The summed E-state index contributed by atoms with van der Waals surface area (Å²) in [7, 11) is 0. The lowest BCUT2D eigenvalue weighted by Gasteiger charge is -2.35. The van der Waals surface area contributed by atoms with Gasteiger partial charge in [0.2, 0.25) is 0 Å². The van der Waals surface area contributed by atoms with Gasteiger partial charge in [0.25, 0.3) is 0 Å². The highest BCUT2D eigenvalue weighted by Crippen LogP contribution is 2.16. The maximum Gasteiger partial charge on any atom is 0.0194 e. The fourth-order valence-electron chi connectivity index (χ4n) is 1.74. The first kappa shape index (κ1) is 10.7. The summed E-state index contributed by atoms with van der Waals surface area (Å²) in [6.07, 6.45) is 2.32. The van der Waals surface area contributed by atoms with Crippen molar-refractivity contribution in [2.75, 3.05) is 19.6 Å². The summed E-state index contributed by atoms with van der Waals surface area (Å²) in [5, 5.41) is 0. The van der Waals surface area contributed by atoms with Crippen LogP contribution in [0.1, 0.15) is 26.7 Å². The number of piperidine rings is 1. The molecule has 0 saturated carbocycles. The van der Waals surface area contributed by atoms with E-state index in [4.69, 9.17) is 5.73 Å². The Kier molecular flexibility index (Phi) is 3.94. The van der Waals surface area contributed by atoms with Crippen LogP contribution in [0.5, 0.6) is 0 Å². The molecule has 0 aromatic carbocycles. The SMILES string of the molecule is C=C(CC)CN1CCC(C)C(N)C1. The average Bonchev–Trinajstić information content (AvgIpc) is 2.11. The van der Waals surface area contributed by atoms with Gasteiger partial charge in [-0.3, -0.25) is 4.90 Å². The third-order valence-corrected chi connectivity index (χ3v) is 3.05. The molecule has 76 valence electrons.